The number of nitrogens with one attached hydrogen (secondary N) is 1. The highest BCUT2D eigenvalue weighted by Gasteiger charge is 2.16. The highest BCUT2D eigenvalue weighted by molar-refractivity contribution is 6.30. The summed E-state index contributed by atoms with van der Waals surface area (Å²) in [6, 6.07) is 17.9. The Morgan fingerprint density at radius 1 is 1.09 bits per heavy atom. The summed E-state index contributed by atoms with van der Waals surface area (Å²) in [5.74, 6) is 0. The lowest BCUT2D eigenvalue weighted by Gasteiger charge is -2.27. The van der Waals surface area contributed by atoms with Gasteiger partial charge in [0.05, 0.1) is 0 Å². The van der Waals surface area contributed by atoms with Gasteiger partial charge in [-0.1, -0.05) is 54.1 Å². The van der Waals surface area contributed by atoms with E-state index >= 15 is 0 Å². The van der Waals surface area contributed by atoms with Crippen LogP contribution in [-0.4, -0.2) is 23.5 Å². The molecular formula is C19H23ClN2O. The molecule has 0 fully saturated rings. The molecule has 2 amide bonds. The van der Waals surface area contributed by atoms with E-state index in [1.54, 1.807) is 0 Å². The molecule has 0 bridgehead atoms. The first-order chi connectivity index (χ1) is 11.1. The Labute approximate surface area is 143 Å². The highest BCUT2D eigenvalue weighted by Crippen LogP contribution is 2.11. The second kappa shape index (κ2) is 8.59. The van der Waals surface area contributed by atoms with Crippen molar-refractivity contribution in [3.63, 3.8) is 0 Å². The molecule has 0 heterocycles. The van der Waals surface area contributed by atoms with Crippen LogP contribution in [0.15, 0.2) is 54.6 Å². The molecule has 122 valence electrons. The molecule has 0 aliphatic heterocycles. The van der Waals surface area contributed by atoms with Crippen molar-refractivity contribution in [2.45, 2.75) is 32.9 Å². The molecule has 0 unspecified atom stereocenters. The summed E-state index contributed by atoms with van der Waals surface area (Å²) >= 11 is 5.97. The molecule has 0 atom stereocenters. The van der Waals surface area contributed by atoms with E-state index in [0.717, 1.165) is 22.6 Å². The maximum absolute atomic E-state index is 12.4. The Kier molecular flexibility index (Phi) is 6.48. The minimum absolute atomic E-state index is 0.0362. The number of hydrogen-bond donors (Lipinski definition) is 1. The lowest BCUT2D eigenvalue weighted by Crippen LogP contribution is -2.44. The van der Waals surface area contributed by atoms with Gasteiger partial charge in [-0.25, -0.2) is 4.79 Å². The fraction of sp³-hybridized carbons (Fsp3) is 0.316. The van der Waals surface area contributed by atoms with Gasteiger partial charge in [0.25, 0.3) is 0 Å². The second-order valence-corrected chi connectivity index (χ2v) is 6.26. The molecule has 0 spiro atoms. The molecule has 3 nitrogen and oxygen atoms in total. The van der Waals surface area contributed by atoms with Gasteiger partial charge in [-0.3, -0.25) is 0 Å². The number of urea groups is 1. The van der Waals surface area contributed by atoms with E-state index in [1.807, 2.05) is 73.3 Å². The number of carbonyl (C=O) groups excluding carboxylic acids is 1. The third kappa shape index (κ3) is 5.61. The van der Waals surface area contributed by atoms with Gasteiger partial charge < -0.3 is 10.2 Å². The Bertz CT molecular complexity index is 628. The van der Waals surface area contributed by atoms with Crippen molar-refractivity contribution in [3.05, 3.63) is 70.7 Å². The molecule has 0 saturated carbocycles. The normalized spacial score (nSPS) is 10.6. The summed E-state index contributed by atoms with van der Waals surface area (Å²) in [5, 5.41) is 3.72. The van der Waals surface area contributed by atoms with Gasteiger partial charge >= 0.3 is 6.03 Å². The number of halogens is 1. The molecule has 0 aromatic heterocycles. The zero-order valence-electron chi connectivity index (χ0n) is 13.6. The minimum Gasteiger partial charge on any atom is -0.338 e. The molecule has 0 aliphatic carbocycles. The highest BCUT2D eigenvalue weighted by atomic mass is 35.5. The number of rotatable bonds is 6. The quantitative estimate of drug-likeness (QED) is 0.830. The number of hydrogen-bond acceptors (Lipinski definition) is 1. The van der Waals surface area contributed by atoms with E-state index < -0.39 is 0 Å². The van der Waals surface area contributed by atoms with E-state index in [1.165, 1.54) is 0 Å². The first-order valence-corrected chi connectivity index (χ1v) is 8.27. The van der Waals surface area contributed by atoms with Crippen LogP contribution in [0.4, 0.5) is 4.79 Å². The van der Waals surface area contributed by atoms with Crippen LogP contribution < -0.4 is 5.32 Å². The first-order valence-electron chi connectivity index (χ1n) is 7.89. The van der Waals surface area contributed by atoms with Crippen LogP contribution in [0.1, 0.15) is 25.0 Å². The van der Waals surface area contributed by atoms with Gasteiger partial charge in [-0.15, -0.1) is 0 Å². The van der Waals surface area contributed by atoms with Gasteiger partial charge in [-0.05, 0) is 43.5 Å². The van der Waals surface area contributed by atoms with Crippen molar-refractivity contribution >= 4 is 17.6 Å². The summed E-state index contributed by atoms with van der Waals surface area (Å²) in [6.45, 7) is 5.26. The van der Waals surface area contributed by atoms with E-state index in [4.69, 9.17) is 11.6 Å². The molecule has 2 rings (SSSR count). The standard InChI is InChI=1S/C19H23ClN2O/c1-15(2)22(14-17-7-4-3-5-8-17)19(23)21-12-11-16-9-6-10-18(20)13-16/h3-10,13,15H,11-12,14H2,1-2H3,(H,21,23). The first kappa shape index (κ1) is 17.4. The number of amides is 2. The lowest BCUT2D eigenvalue weighted by atomic mass is 10.1. The second-order valence-electron chi connectivity index (χ2n) is 5.82. The topological polar surface area (TPSA) is 32.3 Å². The molecule has 4 heteroatoms. The van der Waals surface area contributed by atoms with Crippen molar-refractivity contribution in [1.82, 2.24) is 10.2 Å². The predicted molar refractivity (Wildman–Crippen MR) is 95.7 cm³/mol. The van der Waals surface area contributed by atoms with Gasteiger partial charge in [0.2, 0.25) is 0 Å². The average molecular weight is 331 g/mol. The van der Waals surface area contributed by atoms with Gasteiger partial charge in [0.1, 0.15) is 0 Å². The van der Waals surface area contributed by atoms with E-state index in [9.17, 15) is 4.79 Å². The molecule has 1 N–H and O–H groups in total. The third-order valence-electron chi connectivity index (χ3n) is 3.66. The van der Waals surface area contributed by atoms with E-state index in [-0.39, 0.29) is 12.1 Å². The van der Waals surface area contributed by atoms with Crippen LogP contribution >= 0.6 is 11.6 Å². The molecule has 0 aliphatic rings. The molecular weight excluding hydrogens is 308 g/mol. The zero-order valence-corrected chi connectivity index (χ0v) is 14.4. The van der Waals surface area contributed by atoms with Crippen molar-refractivity contribution in [2.75, 3.05) is 6.54 Å². The average Bonchev–Trinajstić information content (AvgIpc) is 2.53. The van der Waals surface area contributed by atoms with Crippen LogP contribution in [0, 0.1) is 0 Å². The fourth-order valence-electron chi connectivity index (χ4n) is 2.38. The van der Waals surface area contributed by atoms with Gasteiger partial charge in [0, 0.05) is 24.2 Å². The lowest BCUT2D eigenvalue weighted by molar-refractivity contribution is 0.180. The number of nitrogens with zero attached hydrogens (tertiary/aromatic N) is 1. The summed E-state index contributed by atoms with van der Waals surface area (Å²) in [6.07, 6.45) is 0.767. The fourth-order valence-corrected chi connectivity index (χ4v) is 2.59. The van der Waals surface area contributed by atoms with Gasteiger partial charge in [-0.2, -0.15) is 0 Å². The predicted octanol–water partition coefficient (Wildman–Crippen LogP) is 4.50. The zero-order chi connectivity index (χ0) is 16.7. The molecule has 2 aromatic rings. The van der Waals surface area contributed by atoms with Crippen molar-refractivity contribution in [2.24, 2.45) is 0 Å². The van der Waals surface area contributed by atoms with Crippen LogP contribution in [0.25, 0.3) is 0 Å². The molecule has 23 heavy (non-hydrogen) atoms. The largest absolute Gasteiger partial charge is 0.338 e. The summed E-state index contributed by atoms with van der Waals surface area (Å²) < 4.78 is 0. The number of benzene rings is 2. The molecule has 0 radical (unpaired) electrons. The Hall–Kier alpha value is -2.00. The third-order valence-corrected chi connectivity index (χ3v) is 3.89. The molecule has 0 saturated heterocycles. The van der Waals surface area contributed by atoms with Crippen LogP contribution in [0.2, 0.25) is 5.02 Å². The summed E-state index contributed by atoms with van der Waals surface area (Å²) in [5.41, 5.74) is 2.25. The Morgan fingerprint density at radius 2 is 1.78 bits per heavy atom. The minimum atomic E-state index is -0.0362. The maximum Gasteiger partial charge on any atom is 0.317 e. The number of carbonyl (C=O) groups is 1. The SMILES string of the molecule is CC(C)N(Cc1ccccc1)C(=O)NCCc1cccc(Cl)c1. The van der Waals surface area contributed by atoms with Gasteiger partial charge in [0.15, 0.2) is 0 Å². The Balaban J connectivity index is 1.88. The van der Waals surface area contributed by atoms with Crippen molar-refractivity contribution in [1.29, 1.82) is 0 Å². The monoisotopic (exact) mass is 330 g/mol. The van der Waals surface area contributed by atoms with E-state index in [2.05, 4.69) is 5.32 Å². The van der Waals surface area contributed by atoms with Crippen LogP contribution in [0.3, 0.4) is 0 Å². The summed E-state index contributed by atoms with van der Waals surface area (Å²) in [4.78, 5) is 14.3. The molecule has 2 aromatic carbocycles. The van der Waals surface area contributed by atoms with Crippen molar-refractivity contribution < 1.29 is 4.79 Å². The Morgan fingerprint density at radius 3 is 2.43 bits per heavy atom. The maximum atomic E-state index is 12.4. The van der Waals surface area contributed by atoms with E-state index in [0.29, 0.717) is 13.1 Å². The summed E-state index contributed by atoms with van der Waals surface area (Å²) in [7, 11) is 0. The van der Waals surface area contributed by atoms with Crippen molar-refractivity contribution in [3.8, 4) is 0 Å². The van der Waals surface area contributed by atoms with Crippen LogP contribution in [0.5, 0.6) is 0 Å². The smallest absolute Gasteiger partial charge is 0.317 e. The van der Waals surface area contributed by atoms with Crippen LogP contribution in [-0.2, 0) is 13.0 Å².